The Bertz CT molecular complexity index is 85.3. The summed E-state index contributed by atoms with van der Waals surface area (Å²) in [6.07, 6.45) is 0.776. The first kappa shape index (κ1) is 10.9. The first-order valence-electron chi connectivity index (χ1n) is 3.96. The zero-order valence-electron chi connectivity index (χ0n) is 7.45. The summed E-state index contributed by atoms with van der Waals surface area (Å²) >= 11 is 0. The summed E-state index contributed by atoms with van der Waals surface area (Å²) in [7, 11) is 1.00. The van der Waals surface area contributed by atoms with Crippen LogP contribution >= 0.6 is 0 Å². The van der Waals surface area contributed by atoms with Gasteiger partial charge in [0.05, 0.1) is 12.2 Å². The van der Waals surface area contributed by atoms with E-state index in [1.807, 2.05) is 6.92 Å². The van der Waals surface area contributed by atoms with Gasteiger partial charge in [0.2, 0.25) is 0 Å². The summed E-state index contributed by atoms with van der Waals surface area (Å²) in [5.74, 6) is 0.411. The third-order valence-electron chi connectivity index (χ3n) is 2.02. The van der Waals surface area contributed by atoms with Crippen molar-refractivity contribution in [3.63, 3.8) is 0 Å². The highest BCUT2D eigenvalue weighted by Gasteiger charge is 2.25. The van der Waals surface area contributed by atoms with Crippen LogP contribution in [0.3, 0.4) is 0 Å². The molecule has 0 saturated carbocycles. The first-order valence-corrected chi connectivity index (χ1v) is 3.96. The normalized spacial score (nSPS) is 37.4. The quantitative estimate of drug-likeness (QED) is 0.542. The Morgan fingerprint density at radius 1 is 1.27 bits per heavy atom. The van der Waals surface area contributed by atoms with Gasteiger partial charge in [-0.2, -0.15) is 0 Å². The van der Waals surface area contributed by atoms with Gasteiger partial charge >= 0.3 is 0 Å². The van der Waals surface area contributed by atoms with Gasteiger partial charge in [0.1, 0.15) is 0 Å². The summed E-state index contributed by atoms with van der Waals surface area (Å²) in [5, 5.41) is 16.3. The fourth-order valence-electron chi connectivity index (χ4n) is 1.17. The highest BCUT2D eigenvalue weighted by atomic mass is 16.5. The molecule has 11 heavy (non-hydrogen) atoms. The number of aliphatic hydroxyl groups excluding tert-OH is 2. The molecule has 68 valence electrons. The van der Waals surface area contributed by atoms with Crippen molar-refractivity contribution in [3.8, 4) is 0 Å². The Kier molecular flexibility index (Phi) is 5.46. The van der Waals surface area contributed by atoms with Crippen molar-refractivity contribution in [2.45, 2.75) is 32.5 Å². The maximum absolute atomic E-state index is 9.32. The molecule has 3 heteroatoms. The van der Waals surface area contributed by atoms with Crippen molar-refractivity contribution in [2.75, 3.05) is 13.7 Å². The van der Waals surface area contributed by atoms with Crippen LogP contribution in [0, 0.1) is 5.92 Å². The Balaban J connectivity index is 0.000000461. The van der Waals surface area contributed by atoms with E-state index in [4.69, 9.17) is 9.84 Å². The molecule has 3 unspecified atom stereocenters. The van der Waals surface area contributed by atoms with Crippen LogP contribution in [-0.4, -0.2) is 36.1 Å². The third-order valence-corrected chi connectivity index (χ3v) is 2.02. The molecule has 0 aromatic rings. The van der Waals surface area contributed by atoms with Crippen molar-refractivity contribution in [1.82, 2.24) is 0 Å². The van der Waals surface area contributed by atoms with E-state index in [0.29, 0.717) is 5.92 Å². The van der Waals surface area contributed by atoms with Gasteiger partial charge in [-0.1, -0.05) is 6.92 Å². The molecule has 0 aromatic heterocycles. The van der Waals surface area contributed by atoms with E-state index in [1.54, 1.807) is 0 Å². The summed E-state index contributed by atoms with van der Waals surface area (Å²) < 4.78 is 5.21. The second-order valence-electron chi connectivity index (χ2n) is 2.83. The van der Waals surface area contributed by atoms with Crippen molar-refractivity contribution in [2.24, 2.45) is 5.92 Å². The van der Waals surface area contributed by atoms with Gasteiger partial charge in [-0.3, -0.25) is 0 Å². The second kappa shape index (κ2) is 5.52. The topological polar surface area (TPSA) is 49.7 Å². The lowest BCUT2D eigenvalue weighted by atomic mass is 9.95. The molecule has 1 aliphatic heterocycles. The monoisotopic (exact) mass is 162 g/mol. The van der Waals surface area contributed by atoms with Crippen molar-refractivity contribution < 1.29 is 14.9 Å². The van der Waals surface area contributed by atoms with Crippen LogP contribution in [0.15, 0.2) is 0 Å². The summed E-state index contributed by atoms with van der Waals surface area (Å²) in [4.78, 5) is 0. The van der Waals surface area contributed by atoms with Crippen LogP contribution < -0.4 is 0 Å². The van der Waals surface area contributed by atoms with Gasteiger partial charge in [-0.15, -0.1) is 0 Å². The molecule has 0 aromatic carbocycles. The number of rotatable bonds is 0. The Hall–Kier alpha value is -0.120. The molecule has 1 saturated heterocycles. The number of aliphatic hydroxyl groups is 2. The van der Waals surface area contributed by atoms with Crippen molar-refractivity contribution in [3.05, 3.63) is 0 Å². The molecule has 0 amide bonds. The van der Waals surface area contributed by atoms with E-state index < -0.39 is 0 Å². The predicted octanol–water partition coefficient (Wildman–Crippen LogP) is 0.401. The van der Waals surface area contributed by atoms with E-state index >= 15 is 0 Å². The molecule has 0 spiro atoms. The lowest BCUT2D eigenvalue weighted by Crippen LogP contribution is -2.37. The molecule has 1 aliphatic rings. The highest BCUT2D eigenvalue weighted by molar-refractivity contribution is 4.74. The highest BCUT2D eigenvalue weighted by Crippen LogP contribution is 2.19. The van der Waals surface area contributed by atoms with Crippen LogP contribution in [0.25, 0.3) is 0 Å². The Labute approximate surface area is 68.0 Å². The fraction of sp³-hybridized carbons (Fsp3) is 1.00. The van der Waals surface area contributed by atoms with Gasteiger partial charge in [0, 0.05) is 13.7 Å². The van der Waals surface area contributed by atoms with Crippen LogP contribution in [0.1, 0.15) is 20.3 Å². The summed E-state index contributed by atoms with van der Waals surface area (Å²) in [6, 6.07) is 0. The minimum atomic E-state index is -0.251. The smallest absolute Gasteiger partial charge is 0.0825 e. The largest absolute Gasteiger partial charge is 0.400 e. The van der Waals surface area contributed by atoms with Gasteiger partial charge < -0.3 is 14.9 Å². The van der Waals surface area contributed by atoms with E-state index in [9.17, 15) is 5.11 Å². The second-order valence-corrected chi connectivity index (χ2v) is 2.83. The molecule has 0 aliphatic carbocycles. The third kappa shape index (κ3) is 3.18. The average molecular weight is 162 g/mol. The minimum absolute atomic E-state index is 0.0359. The van der Waals surface area contributed by atoms with Gasteiger partial charge in [0.25, 0.3) is 0 Å². The lowest BCUT2D eigenvalue weighted by molar-refractivity contribution is -0.0911. The van der Waals surface area contributed by atoms with E-state index in [-0.39, 0.29) is 12.2 Å². The molecule has 1 heterocycles. The lowest BCUT2D eigenvalue weighted by Gasteiger charge is -2.30. The van der Waals surface area contributed by atoms with Gasteiger partial charge in [-0.05, 0) is 19.3 Å². The average Bonchev–Trinajstić information content (AvgIpc) is 2.04. The summed E-state index contributed by atoms with van der Waals surface area (Å²) in [5.41, 5.74) is 0. The van der Waals surface area contributed by atoms with Gasteiger partial charge in [0.15, 0.2) is 0 Å². The van der Waals surface area contributed by atoms with E-state index in [2.05, 4.69) is 6.92 Å². The van der Waals surface area contributed by atoms with Gasteiger partial charge in [-0.25, -0.2) is 0 Å². The predicted molar refractivity (Wildman–Crippen MR) is 43.3 cm³/mol. The number of ether oxygens (including phenoxy) is 1. The van der Waals surface area contributed by atoms with Crippen LogP contribution in [0.4, 0.5) is 0 Å². The molecule has 2 N–H and O–H groups in total. The van der Waals surface area contributed by atoms with Crippen LogP contribution in [0.2, 0.25) is 0 Å². The molecular weight excluding hydrogens is 144 g/mol. The first-order chi connectivity index (χ1) is 5.22. The standard InChI is InChI=1S/C7H14O2.CH4O/c1-5-3-4-9-6(2)7(5)8;1-2/h5-8H,3-4H2,1-2H3;2H,1H3. The molecule has 1 rings (SSSR count). The maximum Gasteiger partial charge on any atom is 0.0825 e. The molecule has 0 bridgehead atoms. The number of hydrogen-bond donors (Lipinski definition) is 2. The SMILES string of the molecule is CC1CCOC(C)C1O.CO. The van der Waals surface area contributed by atoms with E-state index in [0.717, 1.165) is 20.1 Å². The Morgan fingerprint density at radius 3 is 2.18 bits per heavy atom. The molecule has 3 nitrogen and oxygen atoms in total. The maximum atomic E-state index is 9.32. The molecule has 1 fully saturated rings. The van der Waals surface area contributed by atoms with Crippen LogP contribution in [0.5, 0.6) is 0 Å². The molecule has 3 atom stereocenters. The van der Waals surface area contributed by atoms with Crippen molar-refractivity contribution in [1.29, 1.82) is 0 Å². The molecule has 0 radical (unpaired) electrons. The van der Waals surface area contributed by atoms with Crippen LogP contribution in [-0.2, 0) is 4.74 Å². The molecular formula is C8H18O3. The summed E-state index contributed by atoms with van der Waals surface area (Å²) in [6.45, 7) is 4.78. The van der Waals surface area contributed by atoms with E-state index in [1.165, 1.54) is 0 Å². The fourth-order valence-corrected chi connectivity index (χ4v) is 1.17. The Morgan fingerprint density at radius 2 is 1.82 bits per heavy atom. The van der Waals surface area contributed by atoms with Crippen molar-refractivity contribution >= 4 is 0 Å². The zero-order valence-corrected chi connectivity index (χ0v) is 7.45. The zero-order chi connectivity index (χ0) is 8.85. The number of hydrogen-bond acceptors (Lipinski definition) is 3. The minimum Gasteiger partial charge on any atom is -0.400 e.